The summed E-state index contributed by atoms with van der Waals surface area (Å²) in [4.78, 5) is 11.8. The smallest absolute Gasteiger partial charge is 0.255 e. The number of methoxy groups -OCH3 is 1. The lowest BCUT2D eigenvalue weighted by molar-refractivity contribution is 0.0936. The summed E-state index contributed by atoms with van der Waals surface area (Å²) in [6, 6.07) is 0. The number of hydrogen-bond acceptors (Lipinski definition) is 3. The lowest BCUT2D eigenvalue weighted by Crippen LogP contribution is -2.27. The molecule has 0 aromatic carbocycles. The fraction of sp³-hybridized carbons (Fsp3) is 0.600. The second-order valence-corrected chi connectivity index (χ2v) is 3.42. The minimum atomic E-state index is -0.0878. The molecule has 15 heavy (non-hydrogen) atoms. The maximum absolute atomic E-state index is 11.8. The van der Waals surface area contributed by atoms with Crippen molar-refractivity contribution in [2.75, 3.05) is 20.3 Å². The number of rotatable bonds is 4. The highest BCUT2D eigenvalue weighted by atomic mass is 16.5. The van der Waals surface area contributed by atoms with Crippen LogP contribution in [0, 0.1) is 13.8 Å². The van der Waals surface area contributed by atoms with Gasteiger partial charge in [0.05, 0.1) is 17.9 Å². The van der Waals surface area contributed by atoms with Gasteiger partial charge in [-0.25, -0.2) is 0 Å². The molecule has 0 unspecified atom stereocenters. The first-order valence-corrected chi connectivity index (χ1v) is 4.85. The van der Waals surface area contributed by atoms with Gasteiger partial charge in [0, 0.05) is 26.4 Å². The number of nitrogens with zero attached hydrogens (tertiary/aromatic N) is 2. The van der Waals surface area contributed by atoms with E-state index in [1.807, 2.05) is 20.9 Å². The molecule has 5 heteroatoms. The summed E-state index contributed by atoms with van der Waals surface area (Å²) in [6.07, 6.45) is 0. The number of amides is 1. The van der Waals surface area contributed by atoms with Gasteiger partial charge in [0.2, 0.25) is 0 Å². The minimum Gasteiger partial charge on any atom is -0.383 e. The largest absolute Gasteiger partial charge is 0.383 e. The van der Waals surface area contributed by atoms with E-state index in [1.165, 1.54) is 0 Å². The molecule has 1 rings (SSSR count). The van der Waals surface area contributed by atoms with Crippen LogP contribution in [0.15, 0.2) is 0 Å². The Hall–Kier alpha value is -1.36. The average molecular weight is 211 g/mol. The fourth-order valence-electron chi connectivity index (χ4n) is 1.46. The van der Waals surface area contributed by atoms with E-state index in [0.29, 0.717) is 18.7 Å². The van der Waals surface area contributed by atoms with Gasteiger partial charge in [-0.1, -0.05) is 0 Å². The van der Waals surface area contributed by atoms with Gasteiger partial charge in [0.25, 0.3) is 5.91 Å². The van der Waals surface area contributed by atoms with E-state index in [1.54, 1.807) is 11.8 Å². The quantitative estimate of drug-likeness (QED) is 0.734. The molecule has 1 heterocycles. The van der Waals surface area contributed by atoms with Crippen LogP contribution in [0.1, 0.15) is 21.7 Å². The monoisotopic (exact) mass is 211 g/mol. The fourth-order valence-corrected chi connectivity index (χ4v) is 1.46. The van der Waals surface area contributed by atoms with E-state index in [4.69, 9.17) is 4.74 Å². The van der Waals surface area contributed by atoms with E-state index >= 15 is 0 Å². The second-order valence-electron chi connectivity index (χ2n) is 3.42. The van der Waals surface area contributed by atoms with Crippen molar-refractivity contribution in [3.8, 4) is 0 Å². The Morgan fingerprint density at radius 3 is 2.67 bits per heavy atom. The maximum atomic E-state index is 11.8. The SMILES string of the molecule is COCCNC(=O)c1c(C)nn(C)c1C. The molecule has 1 aromatic rings. The van der Waals surface area contributed by atoms with Crippen LogP contribution in [0.25, 0.3) is 0 Å². The molecule has 0 aliphatic carbocycles. The van der Waals surface area contributed by atoms with Gasteiger partial charge in [-0.2, -0.15) is 5.10 Å². The van der Waals surface area contributed by atoms with E-state index in [2.05, 4.69) is 10.4 Å². The summed E-state index contributed by atoms with van der Waals surface area (Å²) in [5, 5.41) is 6.96. The van der Waals surface area contributed by atoms with Crippen LogP contribution in [0.3, 0.4) is 0 Å². The first-order valence-electron chi connectivity index (χ1n) is 4.85. The lowest BCUT2D eigenvalue weighted by atomic mass is 10.2. The third-order valence-corrected chi connectivity index (χ3v) is 2.33. The summed E-state index contributed by atoms with van der Waals surface area (Å²) in [7, 11) is 3.43. The molecule has 0 fully saturated rings. The predicted molar refractivity (Wildman–Crippen MR) is 56.9 cm³/mol. The Morgan fingerprint density at radius 2 is 2.20 bits per heavy atom. The first kappa shape index (κ1) is 11.7. The van der Waals surface area contributed by atoms with Crippen LogP contribution in [0.5, 0.6) is 0 Å². The Labute approximate surface area is 89.4 Å². The molecule has 0 spiro atoms. The molecular weight excluding hydrogens is 194 g/mol. The molecule has 1 amide bonds. The zero-order chi connectivity index (χ0) is 11.4. The molecule has 1 aromatic heterocycles. The van der Waals surface area contributed by atoms with Crippen LogP contribution in [-0.4, -0.2) is 35.9 Å². The zero-order valence-corrected chi connectivity index (χ0v) is 9.63. The number of carbonyl (C=O) groups is 1. The van der Waals surface area contributed by atoms with Gasteiger partial charge in [-0.3, -0.25) is 9.48 Å². The first-order chi connectivity index (χ1) is 7.07. The highest BCUT2D eigenvalue weighted by molar-refractivity contribution is 5.96. The van der Waals surface area contributed by atoms with Crippen LogP contribution in [0.2, 0.25) is 0 Å². The molecule has 0 aliphatic rings. The third kappa shape index (κ3) is 2.56. The molecule has 5 nitrogen and oxygen atoms in total. The Kier molecular flexibility index (Phi) is 3.85. The van der Waals surface area contributed by atoms with Crippen molar-refractivity contribution in [2.45, 2.75) is 13.8 Å². The molecule has 0 atom stereocenters. The Bertz CT molecular complexity index is 358. The van der Waals surface area contributed by atoms with Gasteiger partial charge in [-0.05, 0) is 13.8 Å². The summed E-state index contributed by atoms with van der Waals surface area (Å²) in [5.41, 5.74) is 2.29. The summed E-state index contributed by atoms with van der Waals surface area (Å²) in [6.45, 7) is 4.75. The highest BCUT2D eigenvalue weighted by Crippen LogP contribution is 2.10. The predicted octanol–water partition coefficient (Wildman–Crippen LogP) is 0.413. The van der Waals surface area contributed by atoms with Crippen molar-refractivity contribution in [2.24, 2.45) is 7.05 Å². The normalized spacial score (nSPS) is 10.4. The molecule has 0 radical (unpaired) electrons. The third-order valence-electron chi connectivity index (χ3n) is 2.33. The number of nitrogens with one attached hydrogen (secondary N) is 1. The van der Waals surface area contributed by atoms with Gasteiger partial charge in [0.1, 0.15) is 0 Å². The lowest BCUT2D eigenvalue weighted by Gasteiger charge is -2.04. The van der Waals surface area contributed by atoms with E-state index in [9.17, 15) is 4.79 Å². The van der Waals surface area contributed by atoms with Crippen LogP contribution in [0.4, 0.5) is 0 Å². The maximum Gasteiger partial charge on any atom is 0.255 e. The molecule has 0 aliphatic heterocycles. The van der Waals surface area contributed by atoms with E-state index in [0.717, 1.165) is 11.4 Å². The van der Waals surface area contributed by atoms with Crippen LogP contribution in [-0.2, 0) is 11.8 Å². The number of ether oxygens (including phenoxy) is 1. The van der Waals surface area contributed by atoms with Crippen molar-refractivity contribution in [1.82, 2.24) is 15.1 Å². The van der Waals surface area contributed by atoms with Gasteiger partial charge < -0.3 is 10.1 Å². The zero-order valence-electron chi connectivity index (χ0n) is 9.63. The van der Waals surface area contributed by atoms with Gasteiger partial charge in [-0.15, -0.1) is 0 Å². The van der Waals surface area contributed by atoms with Crippen molar-refractivity contribution in [3.05, 3.63) is 17.0 Å². The highest BCUT2D eigenvalue weighted by Gasteiger charge is 2.16. The Morgan fingerprint density at radius 1 is 1.53 bits per heavy atom. The minimum absolute atomic E-state index is 0.0878. The number of carbonyl (C=O) groups excluding carboxylic acids is 1. The van der Waals surface area contributed by atoms with Crippen molar-refractivity contribution >= 4 is 5.91 Å². The molecule has 0 saturated heterocycles. The topological polar surface area (TPSA) is 56.1 Å². The molecule has 0 saturated carbocycles. The molecular formula is C10H17N3O2. The number of aryl methyl sites for hydroxylation is 2. The van der Waals surface area contributed by atoms with E-state index < -0.39 is 0 Å². The summed E-state index contributed by atoms with van der Waals surface area (Å²) >= 11 is 0. The van der Waals surface area contributed by atoms with Crippen LogP contribution < -0.4 is 5.32 Å². The number of hydrogen-bond donors (Lipinski definition) is 1. The number of aromatic nitrogens is 2. The second kappa shape index (κ2) is 4.93. The van der Waals surface area contributed by atoms with E-state index in [-0.39, 0.29) is 5.91 Å². The molecule has 1 N–H and O–H groups in total. The Balaban J connectivity index is 2.73. The summed E-state index contributed by atoms with van der Waals surface area (Å²) in [5.74, 6) is -0.0878. The van der Waals surface area contributed by atoms with Crippen molar-refractivity contribution in [3.63, 3.8) is 0 Å². The average Bonchev–Trinajstić information content (AvgIpc) is 2.41. The van der Waals surface area contributed by atoms with Crippen LogP contribution >= 0.6 is 0 Å². The van der Waals surface area contributed by atoms with Crippen molar-refractivity contribution < 1.29 is 9.53 Å². The van der Waals surface area contributed by atoms with Gasteiger partial charge in [0.15, 0.2) is 0 Å². The standard InChI is InChI=1S/C10H17N3O2/c1-7-9(8(2)13(3)12-7)10(14)11-5-6-15-4/h5-6H2,1-4H3,(H,11,14). The molecule has 84 valence electrons. The summed E-state index contributed by atoms with van der Waals surface area (Å²) < 4.78 is 6.57. The van der Waals surface area contributed by atoms with Crippen molar-refractivity contribution in [1.29, 1.82) is 0 Å². The molecule has 0 bridgehead atoms. The van der Waals surface area contributed by atoms with Gasteiger partial charge >= 0.3 is 0 Å².